The van der Waals surface area contributed by atoms with Crippen molar-refractivity contribution in [2.24, 2.45) is 0 Å². The summed E-state index contributed by atoms with van der Waals surface area (Å²) in [5.74, 6) is 0.354. The van der Waals surface area contributed by atoms with Crippen molar-refractivity contribution >= 4 is 29.0 Å². The number of aromatic nitrogens is 2. The van der Waals surface area contributed by atoms with Gasteiger partial charge in [-0.15, -0.1) is 10.2 Å². The highest BCUT2D eigenvalue weighted by molar-refractivity contribution is 7.13. The predicted octanol–water partition coefficient (Wildman–Crippen LogP) is 2.01. The predicted molar refractivity (Wildman–Crippen MR) is 91.4 cm³/mol. The monoisotopic (exact) mass is 349 g/mol. The van der Waals surface area contributed by atoms with Gasteiger partial charge in [-0.3, -0.25) is 4.79 Å². The third kappa shape index (κ3) is 5.20. The van der Waals surface area contributed by atoms with E-state index in [-0.39, 0.29) is 29.5 Å². The molecular weight excluding hydrogens is 330 g/mol. The molecule has 0 aliphatic carbocycles. The van der Waals surface area contributed by atoms with Crippen LogP contribution in [-0.4, -0.2) is 35.3 Å². The maximum Gasteiger partial charge on any atom is 0.315 e. The van der Waals surface area contributed by atoms with Gasteiger partial charge in [0.25, 0.3) is 5.91 Å². The molecule has 0 saturated heterocycles. The van der Waals surface area contributed by atoms with Gasteiger partial charge in [-0.25, -0.2) is 4.79 Å². The molecule has 0 spiro atoms. The molecule has 0 atom stereocenters. The van der Waals surface area contributed by atoms with Crippen LogP contribution >= 0.6 is 11.3 Å². The average Bonchev–Trinajstić information content (AvgIpc) is 3.02. The first-order chi connectivity index (χ1) is 11.5. The summed E-state index contributed by atoms with van der Waals surface area (Å²) in [5, 5.41) is 16.6. The minimum Gasteiger partial charge on any atom is -0.497 e. The molecule has 0 bridgehead atoms. The second kappa shape index (κ2) is 8.25. The number of carbonyl (C=O) groups is 2. The van der Waals surface area contributed by atoms with Gasteiger partial charge in [-0.05, 0) is 38.1 Å². The summed E-state index contributed by atoms with van der Waals surface area (Å²) in [4.78, 5) is 23.6. The Labute approximate surface area is 143 Å². The molecule has 1 heterocycles. The zero-order valence-corrected chi connectivity index (χ0v) is 14.4. The molecule has 1 aromatic heterocycles. The molecule has 2 rings (SSSR count). The third-order valence-electron chi connectivity index (χ3n) is 2.83. The van der Waals surface area contributed by atoms with E-state index < -0.39 is 0 Å². The Morgan fingerprint density at radius 2 is 1.92 bits per heavy atom. The fraction of sp³-hybridized carbons (Fsp3) is 0.333. The van der Waals surface area contributed by atoms with Crippen LogP contribution in [0.2, 0.25) is 0 Å². The summed E-state index contributed by atoms with van der Waals surface area (Å²) in [6.45, 7) is 3.95. The van der Waals surface area contributed by atoms with Gasteiger partial charge >= 0.3 is 6.03 Å². The summed E-state index contributed by atoms with van der Waals surface area (Å²) in [7, 11) is 1.58. The molecule has 3 amide bonds. The van der Waals surface area contributed by atoms with E-state index in [2.05, 4.69) is 26.1 Å². The Balaban J connectivity index is 1.89. The van der Waals surface area contributed by atoms with E-state index in [1.807, 2.05) is 13.8 Å². The summed E-state index contributed by atoms with van der Waals surface area (Å²) in [6.07, 6.45) is 0. The van der Waals surface area contributed by atoms with Crippen LogP contribution < -0.4 is 20.7 Å². The Morgan fingerprint density at radius 1 is 1.21 bits per heavy atom. The Kier molecular flexibility index (Phi) is 6.07. The van der Waals surface area contributed by atoms with Crippen molar-refractivity contribution in [3.63, 3.8) is 0 Å². The van der Waals surface area contributed by atoms with Crippen molar-refractivity contribution in [2.45, 2.75) is 26.4 Å². The highest BCUT2D eigenvalue weighted by atomic mass is 32.1. The fourth-order valence-corrected chi connectivity index (χ4v) is 2.42. The van der Waals surface area contributed by atoms with Crippen molar-refractivity contribution in [3.8, 4) is 5.75 Å². The van der Waals surface area contributed by atoms with Crippen LogP contribution in [0.1, 0.15) is 28.7 Å². The topological polar surface area (TPSA) is 105 Å². The Hall–Kier alpha value is -2.68. The molecule has 1 aromatic carbocycles. The van der Waals surface area contributed by atoms with Crippen LogP contribution in [0.5, 0.6) is 5.75 Å². The SMILES string of the molecule is COc1ccc(NC(=O)c2nnc(CNC(=O)NC(C)C)s2)cc1. The first kappa shape index (κ1) is 17.7. The molecule has 0 unspecified atom stereocenters. The molecule has 0 saturated carbocycles. The van der Waals surface area contributed by atoms with Crippen LogP contribution in [0, 0.1) is 0 Å². The molecule has 0 aliphatic heterocycles. The molecule has 0 aliphatic rings. The molecule has 2 aromatic rings. The van der Waals surface area contributed by atoms with Crippen molar-refractivity contribution in [1.29, 1.82) is 0 Å². The van der Waals surface area contributed by atoms with Gasteiger partial charge in [-0.1, -0.05) is 11.3 Å². The number of hydrogen-bond acceptors (Lipinski definition) is 6. The minimum atomic E-state index is -0.351. The average molecular weight is 349 g/mol. The van der Waals surface area contributed by atoms with Gasteiger partial charge in [0.05, 0.1) is 13.7 Å². The van der Waals surface area contributed by atoms with E-state index in [0.717, 1.165) is 11.3 Å². The number of nitrogens with one attached hydrogen (secondary N) is 3. The highest BCUT2D eigenvalue weighted by Gasteiger charge is 2.14. The lowest BCUT2D eigenvalue weighted by Crippen LogP contribution is -2.39. The van der Waals surface area contributed by atoms with E-state index in [0.29, 0.717) is 16.4 Å². The lowest BCUT2D eigenvalue weighted by Gasteiger charge is -2.08. The third-order valence-corrected chi connectivity index (χ3v) is 3.75. The van der Waals surface area contributed by atoms with Crippen molar-refractivity contribution in [1.82, 2.24) is 20.8 Å². The van der Waals surface area contributed by atoms with Gasteiger partial charge in [0.2, 0.25) is 5.01 Å². The van der Waals surface area contributed by atoms with Crippen molar-refractivity contribution in [3.05, 3.63) is 34.3 Å². The molecule has 0 fully saturated rings. The zero-order chi connectivity index (χ0) is 17.5. The molecule has 128 valence electrons. The van der Waals surface area contributed by atoms with E-state index >= 15 is 0 Å². The van der Waals surface area contributed by atoms with Crippen molar-refractivity contribution < 1.29 is 14.3 Å². The van der Waals surface area contributed by atoms with Gasteiger partial charge < -0.3 is 20.7 Å². The van der Waals surface area contributed by atoms with Crippen LogP contribution in [0.3, 0.4) is 0 Å². The molecule has 8 nitrogen and oxygen atoms in total. The summed E-state index contributed by atoms with van der Waals surface area (Å²) >= 11 is 1.13. The number of carbonyl (C=O) groups excluding carboxylic acids is 2. The normalized spacial score (nSPS) is 10.3. The first-order valence-electron chi connectivity index (χ1n) is 7.30. The minimum absolute atomic E-state index is 0.0465. The van der Waals surface area contributed by atoms with Gasteiger partial charge in [0.1, 0.15) is 10.8 Å². The van der Waals surface area contributed by atoms with Crippen LogP contribution in [-0.2, 0) is 6.54 Å². The zero-order valence-electron chi connectivity index (χ0n) is 13.6. The number of anilines is 1. The van der Waals surface area contributed by atoms with E-state index in [1.165, 1.54) is 0 Å². The first-order valence-corrected chi connectivity index (χ1v) is 8.11. The van der Waals surface area contributed by atoms with Gasteiger partial charge in [0.15, 0.2) is 0 Å². The number of hydrogen-bond donors (Lipinski definition) is 3. The summed E-state index contributed by atoms with van der Waals surface area (Å²) < 4.78 is 5.06. The van der Waals surface area contributed by atoms with Crippen LogP contribution in [0.25, 0.3) is 0 Å². The fourth-order valence-electron chi connectivity index (χ4n) is 1.74. The van der Waals surface area contributed by atoms with E-state index in [4.69, 9.17) is 4.74 Å². The highest BCUT2D eigenvalue weighted by Crippen LogP contribution is 2.17. The van der Waals surface area contributed by atoms with E-state index in [1.54, 1.807) is 31.4 Å². The lowest BCUT2D eigenvalue weighted by atomic mass is 10.3. The number of methoxy groups -OCH3 is 1. The number of ether oxygens (including phenoxy) is 1. The molecular formula is C15H19N5O3S. The molecule has 24 heavy (non-hydrogen) atoms. The smallest absolute Gasteiger partial charge is 0.315 e. The number of urea groups is 1. The second-order valence-electron chi connectivity index (χ2n) is 5.17. The maximum atomic E-state index is 12.1. The lowest BCUT2D eigenvalue weighted by molar-refractivity contribution is 0.102. The largest absolute Gasteiger partial charge is 0.497 e. The maximum absolute atomic E-state index is 12.1. The van der Waals surface area contributed by atoms with Crippen molar-refractivity contribution in [2.75, 3.05) is 12.4 Å². The molecule has 3 N–H and O–H groups in total. The Bertz CT molecular complexity index is 699. The van der Waals surface area contributed by atoms with Crippen LogP contribution in [0.4, 0.5) is 10.5 Å². The number of amides is 3. The molecule has 9 heteroatoms. The van der Waals surface area contributed by atoms with Crippen LogP contribution in [0.15, 0.2) is 24.3 Å². The number of benzene rings is 1. The van der Waals surface area contributed by atoms with E-state index in [9.17, 15) is 9.59 Å². The standard InChI is InChI=1S/C15H19N5O3S/c1-9(2)17-15(22)16-8-12-19-20-14(24-12)13(21)18-10-4-6-11(23-3)7-5-10/h4-7,9H,8H2,1-3H3,(H,18,21)(H2,16,17,22). The number of nitrogens with zero attached hydrogens (tertiary/aromatic N) is 2. The quantitative estimate of drug-likeness (QED) is 0.740. The summed E-state index contributed by atoms with van der Waals surface area (Å²) in [5.41, 5.74) is 0.631. The second-order valence-corrected chi connectivity index (χ2v) is 6.23. The number of rotatable bonds is 6. The summed E-state index contributed by atoms with van der Waals surface area (Å²) in [6, 6.07) is 6.72. The molecule has 0 radical (unpaired) electrons. The Morgan fingerprint density at radius 3 is 2.54 bits per heavy atom. The van der Waals surface area contributed by atoms with Gasteiger partial charge in [-0.2, -0.15) is 0 Å². The van der Waals surface area contributed by atoms with Gasteiger partial charge in [0, 0.05) is 11.7 Å².